The normalized spacial score (nSPS) is 16.8. The topological polar surface area (TPSA) is 73.4 Å². The molecule has 4 rings (SSSR count). The number of halogens is 7. The van der Waals surface area contributed by atoms with Crippen molar-refractivity contribution in [3.63, 3.8) is 0 Å². The third-order valence-electron chi connectivity index (χ3n) is 7.06. The van der Waals surface area contributed by atoms with Gasteiger partial charge in [0.2, 0.25) is 5.91 Å². The first kappa shape index (κ1) is 29.9. The number of anilines is 2. The molecule has 0 atom stereocenters. The highest BCUT2D eigenvalue weighted by Gasteiger charge is 2.45. The number of rotatable bonds is 4. The Balaban J connectivity index is 1.72. The van der Waals surface area contributed by atoms with E-state index in [1.165, 1.54) is 11.8 Å². The Morgan fingerprint density at radius 1 is 0.927 bits per heavy atom. The molecule has 0 radical (unpaired) electrons. The van der Waals surface area contributed by atoms with Crippen molar-refractivity contribution in [1.82, 2.24) is 9.80 Å². The number of piperidine rings is 1. The maximum absolute atomic E-state index is 14.1. The van der Waals surface area contributed by atoms with Gasteiger partial charge in [-0.05, 0) is 49.2 Å². The van der Waals surface area contributed by atoms with Crippen LogP contribution in [0.4, 0.5) is 51.7 Å². The monoisotopic (exact) mass is 590 g/mol. The number of carbonyl (C=O) groups is 3. The van der Waals surface area contributed by atoms with Crippen LogP contribution < -0.4 is 14.5 Å². The summed E-state index contributed by atoms with van der Waals surface area (Å²) in [5, 5.41) is 0. The quantitative estimate of drug-likeness (QED) is 0.425. The Morgan fingerprint density at radius 2 is 1.54 bits per heavy atom. The Hall–Kier alpha value is -4.04. The summed E-state index contributed by atoms with van der Waals surface area (Å²) in [4.78, 5) is 42.3. The highest BCUT2D eigenvalue weighted by Crippen LogP contribution is 2.47. The standard InChI is InChI=1S/C26H25F7N4O4/c1-15(38)35-9-7-19(8-10-35)36-11-12-37(23(36)39)21-14-16(25(28,29)30)13-20(26(31,32)33)22(21)41-24(40)34(2)18-5-3-17(27)4-6-18/h3-6,13-14,19H,7-12H2,1-2H3. The summed E-state index contributed by atoms with van der Waals surface area (Å²) in [5.74, 6) is -2.08. The number of nitrogens with zero attached hydrogens (tertiary/aromatic N) is 4. The minimum absolute atomic E-state index is 0.00988. The van der Waals surface area contributed by atoms with E-state index in [1.807, 2.05) is 0 Å². The van der Waals surface area contributed by atoms with Crippen molar-refractivity contribution >= 4 is 29.4 Å². The molecule has 8 nitrogen and oxygen atoms in total. The van der Waals surface area contributed by atoms with Gasteiger partial charge in [0.1, 0.15) is 11.4 Å². The molecular weight excluding hydrogens is 565 g/mol. The first-order chi connectivity index (χ1) is 19.1. The maximum Gasteiger partial charge on any atom is 0.420 e. The van der Waals surface area contributed by atoms with Gasteiger partial charge in [0.25, 0.3) is 0 Å². The van der Waals surface area contributed by atoms with Crippen LogP contribution in [0.2, 0.25) is 0 Å². The van der Waals surface area contributed by atoms with Crippen molar-refractivity contribution in [2.75, 3.05) is 43.0 Å². The van der Waals surface area contributed by atoms with Gasteiger partial charge in [-0.25, -0.2) is 14.0 Å². The summed E-state index contributed by atoms with van der Waals surface area (Å²) in [7, 11) is 1.11. The summed E-state index contributed by atoms with van der Waals surface area (Å²) < 4.78 is 102. The number of hydrogen-bond acceptors (Lipinski definition) is 4. The van der Waals surface area contributed by atoms with Crippen LogP contribution in [0.15, 0.2) is 36.4 Å². The Kier molecular flexibility index (Phi) is 8.09. The van der Waals surface area contributed by atoms with Crippen molar-refractivity contribution in [3.8, 4) is 5.75 Å². The minimum Gasteiger partial charge on any atom is -0.407 e. The van der Waals surface area contributed by atoms with Gasteiger partial charge >= 0.3 is 24.5 Å². The summed E-state index contributed by atoms with van der Waals surface area (Å²) in [6.07, 6.45) is -11.3. The summed E-state index contributed by atoms with van der Waals surface area (Å²) in [6.45, 7) is 1.78. The van der Waals surface area contributed by atoms with Crippen LogP contribution in [0.1, 0.15) is 30.9 Å². The molecule has 0 unspecified atom stereocenters. The molecule has 0 aromatic heterocycles. The van der Waals surface area contributed by atoms with E-state index in [4.69, 9.17) is 4.74 Å². The van der Waals surface area contributed by atoms with Crippen LogP contribution >= 0.6 is 0 Å². The van der Waals surface area contributed by atoms with Crippen LogP contribution in [0.3, 0.4) is 0 Å². The molecular formula is C26H25F7N4O4. The molecule has 2 saturated heterocycles. The molecule has 2 heterocycles. The lowest BCUT2D eigenvalue weighted by molar-refractivity contribution is -0.143. The number of amides is 4. The van der Waals surface area contributed by atoms with Crippen molar-refractivity contribution in [3.05, 3.63) is 53.3 Å². The highest BCUT2D eigenvalue weighted by molar-refractivity contribution is 5.98. The van der Waals surface area contributed by atoms with Gasteiger partial charge in [-0.1, -0.05) is 0 Å². The number of likely N-dealkylation sites (tertiary alicyclic amines) is 1. The van der Waals surface area contributed by atoms with Gasteiger partial charge in [-0.3, -0.25) is 14.6 Å². The fourth-order valence-electron chi connectivity index (χ4n) is 4.83. The third kappa shape index (κ3) is 6.33. The summed E-state index contributed by atoms with van der Waals surface area (Å²) >= 11 is 0. The van der Waals surface area contributed by atoms with Gasteiger partial charge in [0, 0.05) is 51.9 Å². The van der Waals surface area contributed by atoms with Crippen molar-refractivity contribution in [2.24, 2.45) is 0 Å². The van der Waals surface area contributed by atoms with Crippen molar-refractivity contribution in [2.45, 2.75) is 38.2 Å². The fourth-order valence-corrected chi connectivity index (χ4v) is 4.83. The van der Waals surface area contributed by atoms with Gasteiger partial charge in [-0.2, -0.15) is 26.3 Å². The van der Waals surface area contributed by atoms with Crippen LogP contribution in [-0.2, 0) is 17.1 Å². The largest absolute Gasteiger partial charge is 0.420 e. The number of urea groups is 1. The molecule has 2 aliphatic heterocycles. The predicted molar refractivity (Wildman–Crippen MR) is 132 cm³/mol. The van der Waals surface area contributed by atoms with Gasteiger partial charge < -0.3 is 14.5 Å². The summed E-state index contributed by atoms with van der Waals surface area (Å²) in [5.41, 5.74) is -4.43. The molecule has 15 heteroatoms. The molecule has 2 fully saturated rings. The zero-order valence-electron chi connectivity index (χ0n) is 21.9. The van der Waals surface area contributed by atoms with Gasteiger partial charge in [0.05, 0.1) is 11.3 Å². The molecule has 41 heavy (non-hydrogen) atoms. The van der Waals surface area contributed by atoms with E-state index in [1.54, 1.807) is 4.90 Å². The number of alkyl halides is 6. The second-order valence-electron chi connectivity index (χ2n) is 9.64. The molecule has 0 saturated carbocycles. The fraction of sp³-hybridized carbons (Fsp3) is 0.423. The SMILES string of the molecule is CC(=O)N1CCC(N2CCN(c3cc(C(F)(F)F)cc(C(F)(F)F)c3OC(=O)N(C)c3ccc(F)cc3)C2=O)CC1. The molecule has 2 aliphatic rings. The smallest absolute Gasteiger partial charge is 0.407 e. The van der Waals surface area contributed by atoms with Crippen LogP contribution in [0.5, 0.6) is 5.75 Å². The highest BCUT2D eigenvalue weighted by atomic mass is 19.4. The number of carbonyl (C=O) groups excluding carboxylic acids is 3. The second kappa shape index (κ2) is 11.1. The third-order valence-corrected chi connectivity index (χ3v) is 7.06. The van der Waals surface area contributed by atoms with Crippen LogP contribution in [0, 0.1) is 5.82 Å². The van der Waals surface area contributed by atoms with Gasteiger partial charge in [-0.15, -0.1) is 0 Å². The Labute approximate surface area is 229 Å². The molecule has 2 aromatic rings. The second-order valence-corrected chi connectivity index (χ2v) is 9.64. The molecule has 0 spiro atoms. The Bertz CT molecular complexity index is 1320. The van der Waals surface area contributed by atoms with E-state index in [0.29, 0.717) is 32.0 Å². The lowest BCUT2D eigenvalue weighted by Gasteiger charge is -2.36. The molecule has 0 aliphatic carbocycles. The lowest BCUT2D eigenvalue weighted by atomic mass is 10.0. The molecule has 4 amide bonds. The van der Waals surface area contributed by atoms with E-state index in [2.05, 4.69) is 0 Å². The number of benzene rings is 2. The van der Waals surface area contributed by atoms with Gasteiger partial charge in [0.15, 0.2) is 5.75 Å². The molecule has 0 N–H and O–H groups in total. The maximum atomic E-state index is 14.1. The predicted octanol–water partition coefficient (Wildman–Crippen LogP) is 5.75. The average molecular weight is 590 g/mol. The number of hydrogen-bond donors (Lipinski definition) is 0. The first-order valence-corrected chi connectivity index (χ1v) is 12.4. The molecule has 222 valence electrons. The lowest BCUT2D eigenvalue weighted by Crippen LogP contribution is -2.47. The van der Waals surface area contributed by atoms with E-state index in [9.17, 15) is 45.1 Å². The zero-order chi connectivity index (χ0) is 30.3. The van der Waals surface area contributed by atoms with Crippen molar-refractivity contribution < 1.29 is 49.9 Å². The van der Waals surface area contributed by atoms with E-state index in [-0.39, 0.29) is 30.8 Å². The molecule has 0 bridgehead atoms. The molecule has 2 aromatic carbocycles. The van der Waals surface area contributed by atoms with E-state index < -0.39 is 58.9 Å². The summed E-state index contributed by atoms with van der Waals surface area (Å²) in [6, 6.07) is 3.18. The zero-order valence-corrected chi connectivity index (χ0v) is 21.9. The van der Waals surface area contributed by atoms with Crippen LogP contribution in [-0.4, -0.2) is 67.1 Å². The van der Waals surface area contributed by atoms with Crippen LogP contribution in [0.25, 0.3) is 0 Å². The number of ether oxygens (including phenoxy) is 1. The van der Waals surface area contributed by atoms with E-state index >= 15 is 0 Å². The van der Waals surface area contributed by atoms with Crippen molar-refractivity contribution in [1.29, 1.82) is 0 Å². The Morgan fingerprint density at radius 3 is 2.07 bits per heavy atom. The minimum atomic E-state index is -5.40. The van der Waals surface area contributed by atoms with E-state index in [0.717, 1.165) is 41.1 Å². The first-order valence-electron chi connectivity index (χ1n) is 12.4. The average Bonchev–Trinajstić information content (AvgIpc) is 3.28.